The summed E-state index contributed by atoms with van der Waals surface area (Å²) in [6.07, 6.45) is 6.37. The third-order valence-electron chi connectivity index (χ3n) is 3.62. The van der Waals surface area contributed by atoms with Gasteiger partial charge in [-0.1, -0.05) is 6.92 Å². The summed E-state index contributed by atoms with van der Waals surface area (Å²) in [7, 11) is 0. The van der Waals surface area contributed by atoms with Crippen molar-refractivity contribution in [1.82, 2.24) is 14.9 Å². The molecule has 1 fully saturated rings. The van der Waals surface area contributed by atoms with Crippen LogP contribution in [0.25, 0.3) is 0 Å². The fraction of sp³-hybridized carbons (Fsp3) is 0.500. The lowest BCUT2D eigenvalue weighted by atomic mass is 10.1. The highest BCUT2D eigenvalue weighted by Gasteiger charge is 2.20. The van der Waals surface area contributed by atoms with E-state index >= 15 is 0 Å². The van der Waals surface area contributed by atoms with Crippen molar-refractivity contribution in [3.05, 3.63) is 40.1 Å². The minimum Gasteiger partial charge on any atom is -0.329 e. The molecule has 0 spiro atoms. The van der Waals surface area contributed by atoms with E-state index in [0.29, 0.717) is 5.92 Å². The second-order valence-electron chi connectivity index (χ2n) is 4.86. The largest absolute Gasteiger partial charge is 0.329 e. The van der Waals surface area contributed by atoms with E-state index in [1.165, 1.54) is 21.9 Å². The number of nitrogens with zero attached hydrogens (tertiary/aromatic N) is 2. The number of aryl methyl sites for hydroxylation is 1. The SMILES string of the molecule is CCc1ccc(Cn2cncc2C2CCNC2)s1. The number of nitrogens with one attached hydrogen (secondary N) is 1. The molecule has 0 aliphatic carbocycles. The van der Waals surface area contributed by atoms with E-state index in [1.807, 2.05) is 23.9 Å². The van der Waals surface area contributed by atoms with Gasteiger partial charge in [0.25, 0.3) is 0 Å². The number of rotatable bonds is 4. The van der Waals surface area contributed by atoms with Crippen LogP contribution in [0.5, 0.6) is 0 Å². The van der Waals surface area contributed by atoms with Crippen molar-refractivity contribution in [3.63, 3.8) is 0 Å². The highest BCUT2D eigenvalue weighted by Crippen LogP contribution is 2.24. The summed E-state index contributed by atoms with van der Waals surface area (Å²) in [5.41, 5.74) is 1.38. The zero-order valence-corrected chi connectivity index (χ0v) is 11.5. The molecule has 1 aliphatic rings. The molecule has 0 bridgehead atoms. The van der Waals surface area contributed by atoms with E-state index in [-0.39, 0.29) is 0 Å². The smallest absolute Gasteiger partial charge is 0.0951 e. The molecule has 1 saturated heterocycles. The van der Waals surface area contributed by atoms with E-state index in [1.54, 1.807) is 0 Å². The standard InChI is InChI=1S/C14H19N3S/c1-2-12-3-4-13(18-12)9-17-10-16-8-14(17)11-5-6-15-7-11/h3-4,8,10-11,15H,2,5-7,9H2,1H3. The second kappa shape index (κ2) is 5.24. The maximum Gasteiger partial charge on any atom is 0.0951 e. The van der Waals surface area contributed by atoms with Crippen LogP contribution in [0.3, 0.4) is 0 Å². The molecule has 18 heavy (non-hydrogen) atoms. The Kier molecular flexibility index (Phi) is 3.48. The van der Waals surface area contributed by atoms with Gasteiger partial charge in [0.15, 0.2) is 0 Å². The quantitative estimate of drug-likeness (QED) is 0.917. The van der Waals surface area contributed by atoms with E-state index in [0.717, 1.165) is 26.1 Å². The predicted octanol–water partition coefficient (Wildman–Crippen LogP) is 2.63. The van der Waals surface area contributed by atoms with E-state index in [2.05, 4.69) is 33.9 Å². The van der Waals surface area contributed by atoms with Crippen LogP contribution in [0, 0.1) is 0 Å². The summed E-state index contributed by atoms with van der Waals surface area (Å²) in [4.78, 5) is 7.22. The lowest BCUT2D eigenvalue weighted by Crippen LogP contribution is -2.11. The number of thiophene rings is 1. The zero-order valence-electron chi connectivity index (χ0n) is 10.7. The lowest BCUT2D eigenvalue weighted by Gasteiger charge is -2.11. The fourth-order valence-corrected chi connectivity index (χ4v) is 3.53. The summed E-state index contributed by atoms with van der Waals surface area (Å²) in [5, 5.41) is 3.43. The monoisotopic (exact) mass is 261 g/mol. The maximum absolute atomic E-state index is 4.33. The number of imidazole rings is 1. The molecule has 4 heteroatoms. The van der Waals surface area contributed by atoms with Crippen LogP contribution in [0.15, 0.2) is 24.7 Å². The van der Waals surface area contributed by atoms with Gasteiger partial charge in [-0.2, -0.15) is 0 Å². The van der Waals surface area contributed by atoms with Crippen LogP contribution in [-0.2, 0) is 13.0 Å². The first kappa shape index (κ1) is 11.9. The molecular weight excluding hydrogens is 242 g/mol. The van der Waals surface area contributed by atoms with Gasteiger partial charge in [0.2, 0.25) is 0 Å². The Balaban J connectivity index is 1.78. The molecule has 0 radical (unpaired) electrons. The van der Waals surface area contributed by atoms with Crippen molar-refractivity contribution in [2.45, 2.75) is 32.2 Å². The van der Waals surface area contributed by atoms with E-state index in [4.69, 9.17) is 0 Å². The molecule has 0 amide bonds. The number of hydrogen-bond donors (Lipinski definition) is 1. The predicted molar refractivity (Wildman–Crippen MR) is 75.3 cm³/mol. The highest BCUT2D eigenvalue weighted by atomic mass is 32.1. The minimum absolute atomic E-state index is 0.637. The van der Waals surface area contributed by atoms with Gasteiger partial charge in [0.05, 0.1) is 12.9 Å². The second-order valence-corrected chi connectivity index (χ2v) is 6.11. The summed E-state index contributed by atoms with van der Waals surface area (Å²) in [6, 6.07) is 4.49. The third kappa shape index (κ3) is 2.35. The Bertz CT molecular complexity index is 509. The molecule has 3 rings (SSSR count). The van der Waals surface area contributed by atoms with Crippen LogP contribution >= 0.6 is 11.3 Å². The number of aromatic nitrogens is 2. The molecular formula is C14H19N3S. The van der Waals surface area contributed by atoms with Crippen LogP contribution in [-0.4, -0.2) is 22.6 Å². The molecule has 2 aromatic heterocycles. The summed E-state index contributed by atoms with van der Waals surface area (Å²) in [6.45, 7) is 5.41. The summed E-state index contributed by atoms with van der Waals surface area (Å²) in [5.74, 6) is 0.637. The van der Waals surface area contributed by atoms with Crippen molar-refractivity contribution in [3.8, 4) is 0 Å². The van der Waals surface area contributed by atoms with Gasteiger partial charge in [-0.3, -0.25) is 0 Å². The molecule has 96 valence electrons. The first-order valence-corrected chi connectivity index (χ1v) is 7.47. The van der Waals surface area contributed by atoms with E-state index in [9.17, 15) is 0 Å². The fourth-order valence-electron chi connectivity index (χ4n) is 2.58. The topological polar surface area (TPSA) is 29.9 Å². The molecule has 0 saturated carbocycles. The Labute approximate surface area is 112 Å². The zero-order chi connectivity index (χ0) is 12.4. The van der Waals surface area contributed by atoms with Crippen molar-refractivity contribution in [2.24, 2.45) is 0 Å². The average Bonchev–Trinajstić information content (AvgIpc) is 3.09. The highest BCUT2D eigenvalue weighted by molar-refractivity contribution is 7.11. The Morgan fingerprint density at radius 2 is 2.33 bits per heavy atom. The minimum atomic E-state index is 0.637. The Morgan fingerprint density at radius 3 is 3.06 bits per heavy atom. The molecule has 3 nitrogen and oxygen atoms in total. The van der Waals surface area contributed by atoms with Gasteiger partial charge in [-0.05, 0) is 31.5 Å². The van der Waals surface area contributed by atoms with Crippen molar-refractivity contribution in [1.29, 1.82) is 0 Å². The van der Waals surface area contributed by atoms with Crippen LogP contribution < -0.4 is 5.32 Å². The van der Waals surface area contributed by atoms with Crippen molar-refractivity contribution in [2.75, 3.05) is 13.1 Å². The Hall–Kier alpha value is -1.13. The van der Waals surface area contributed by atoms with E-state index < -0.39 is 0 Å². The van der Waals surface area contributed by atoms with Crippen LogP contribution in [0.4, 0.5) is 0 Å². The Morgan fingerprint density at radius 1 is 1.44 bits per heavy atom. The average molecular weight is 261 g/mol. The molecule has 0 aromatic carbocycles. The summed E-state index contributed by atoms with van der Waals surface area (Å²) >= 11 is 1.92. The summed E-state index contributed by atoms with van der Waals surface area (Å²) < 4.78 is 2.31. The van der Waals surface area contributed by atoms with Gasteiger partial charge in [-0.15, -0.1) is 11.3 Å². The third-order valence-corrected chi connectivity index (χ3v) is 4.83. The molecule has 3 heterocycles. The molecule has 2 aromatic rings. The molecule has 1 N–H and O–H groups in total. The molecule has 1 aliphatic heterocycles. The number of hydrogen-bond acceptors (Lipinski definition) is 3. The van der Waals surface area contributed by atoms with Gasteiger partial charge >= 0.3 is 0 Å². The first-order valence-electron chi connectivity index (χ1n) is 6.65. The normalized spacial score (nSPS) is 19.5. The van der Waals surface area contributed by atoms with Crippen molar-refractivity contribution < 1.29 is 0 Å². The van der Waals surface area contributed by atoms with Crippen LogP contribution in [0.2, 0.25) is 0 Å². The lowest BCUT2D eigenvalue weighted by molar-refractivity contribution is 0.658. The van der Waals surface area contributed by atoms with Gasteiger partial charge in [0, 0.05) is 34.1 Å². The van der Waals surface area contributed by atoms with Gasteiger partial charge in [-0.25, -0.2) is 4.98 Å². The van der Waals surface area contributed by atoms with Gasteiger partial charge in [0.1, 0.15) is 0 Å². The maximum atomic E-state index is 4.33. The molecule has 1 unspecified atom stereocenters. The van der Waals surface area contributed by atoms with Gasteiger partial charge < -0.3 is 9.88 Å². The molecule has 1 atom stereocenters. The first-order chi connectivity index (χ1) is 8.86. The van der Waals surface area contributed by atoms with Crippen LogP contribution in [0.1, 0.15) is 34.7 Å². The van der Waals surface area contributed by atoms with Crippen molar-refractivity contribution >= 4 is 11.3 Å².